The van der Waals surface area contributed by atoms with E-state index in [2.05, 4.69) is 4.98 Å². The molecule has 0 spiro atoms. The minimum atomic E-state index is 0.736. The number of aliphatic hydroxyl groups excluding tert-OH is 1. The van der Waals surface area contributed by atoms with Gasteiger partial charge in [0.2, 0.25) is 0 Å². The summed E-state index contributed by atoms with van der Waals surface area (Å²) >= 11 is 0. The molecule has 1 aromatic heterocycles. The summed E-state index contributed by atoms with van der Waals surface area (Å²) in [6.07, 6.45) is 1.75. The van der Waals surface area contributed by atoms with E-state index in [-0.39, 0.29) is 0 Å². The Bertz CT molecular complexity index is 123. The Morgan fingerprint density at radius 2 is 2.57 bits per heavy atom. The zero-order valence-electron chi connectivity index (χ0n) is 3.76. The first-order chi connectivity index (χ1) is 3.43. The summed E-state index contributed by atoms with van der Waals surface area (Å²) in [5, 5.41) is 8.27. The van der Waals surface area contributed by atoms with Crippen molar-refractivity contribution in [3.05, 3.63) is 30.6 Å². The first kappa shape index (κ1) is 4.40. The van der Waals surface area contributed by atoms with Crippen LogP contribution in [0.2, 0.25) is 0 Å². The molecular formula is C5H6NO. The molecule has 37 valence electrons. The number of hydrogen-bond donors (Lipinski definition) is 2. The lowest BCUT2D eigenvalue weighted by Gasteiger charge is -1.79. The molecule has 0 aliphatic heterocycles. The third-order valence-electron chi connectivity index (χ3n) is 0.761. The van der Waals surface area contributed by atoms with E-state index >= 15 is 0 Å². The molecule has 2 N–H and O–H groups in total. The average Bonchev–Trinajstić information content (AvgIpc) is 2.14. The zero-order chi connectivity index (χ0) is 5.11. The number of H-pyrrole nitrogens is 1. The Hall–Kier alpha value is -0.760. The second-order valence-electron chi connectivity index (χ2n) is 1.25. The highest BCUT2D eigenvalue weighted by atomic mass is 16.3. The fraction of sp³-hybridized carbons (Fsp3) is 0. The lowest BCUT2D eigenvalue weighted by Crippen LogP contribution is -1.74. The number of hydrogen-bond acceptors (Lipinski definition) is 1. The van der Waals surface area contributed by atoms with Crippen LogP contribution in [0.25, 0.3) is 0 Å². The van der Waals surface area contributed by atoms with E-state index in [0.29, 0.717) is 0 Å². The van der Waals surface area contributed by atoms with Gasteiger partial charge in [-0.2, -0.15) is 0 Å². The first-order valence-corrected chi connectivity index (χ1v) is 2.04. The van der Waals surface area contributed by atoms with Gasteiger partial charge in [0.1, 0.15) is 6.61 Å². The molecule has 0 fully saturated rings. The van der Waals surface area contributed by atoms with E-state index in [4.69, 9.17) is 5.11 Å². The van der Waals surface area contributed by atoms with Crippen molar-refractivity contribution in [2.75, 3.05) is 0 Å². The molecule has 1 heterocycles. The molecule has 7 heavy (non-hydrogen) atoms. The summed E-state index contributed by atoms with van der Waals surface area (Å²) < 4.78 is 0. The van der Waals surface area contributed by atoms with Crippen molar-refractivity contribution in [1.29, 1.82) is 0 Å². The third kappa shape index (κ3) is 0.810. The molecule has 0 saturated carbocycles. The van der Waals surface area contributed by atoms with Gasteiger partial charge in [0.25, 0.3) is 0 Å². The zero-order valence-corrected chi connectivity index (χ0v) is 3.76. The average molecular weight is 96.1 g/mol. The molecule has 0 aliphatic carbocycles. The van der Waals surface area contributed by atoms with E-state index in [0.717, 1.165) is 12.3 Å². The van der Waals surface area contributed by atoms with Crippen LogP contribution in [0.4, 0.5) is 0 Å². The molecule has 0 saturated heterocycles. The molecule has 2 heteroatoms. The lowest BCUT2D eigenvalue weighted by molar-refractivity contribution is 0.411. The van der Waals surface area contributed by atoms with Gasteiger partial charge in [0.15, 0.2) is 0 Å². The van der Waals surface area contributed by atoms with Crippen LogP contribution in [0.5, 0.6) is 0 Å². The Balaban J connectivity index is 2.76. The van der Waals surface area contributed by atoms with Crippen molar-refractivity contribution < 1.29 is 5.11 Å². The smallest absolute Gasteiger partial charge is 0.125 e. The fourth-order valence-electron chi connectivity index (χ4n) is 0.425. The van der Waals surface area contributed by atoms with E-state index in [1.54, 1.807) is 12.3 Å². The number of nitrogens with one attached hydrogen (secondary N) is 1. The second-order valence-corrected chi connectivity index (χ2v) is 1.25. The van der Waals surface area contributed by atoms with Gasteiger partial charge in [0, 0.05) is 11.9 Å². The van der Waals surface area contributed by atoms with Crippen LogP contribution in [-0.2, 0) is 0 Å². The van der Waals surface area contributed by atoms with E-state index in [1.807, 2.05) is 6.07 Å². The van der Waals surface area contributed by atoms with Crippen LogP contribution < -0.4 is 0 Å². The van der Waals surface area contributed by atoms with Crippen molar-refractivity contribution in [2.45, 2.75) is 0 Å². The van der Waals surface area contributed by atoms with Crippen LogP contribution in [0, 0.1) is 6.61 Å². The van der Waals surface area contributed by atoms with E-state index in [1.165, 1.54) is 0 Å². The molecule has 2 nitrogen and oxygen atoms in total. The second kappa shape index (κ2) is 1.80. The van der Waals surface area contributed by atoms with E-state index < -0.39 is 0 Å². The Labute approximate surface area is 41.8 Å². The van der Waals surface area contributed by atoms with Crippen molar-refractivity contribution in [2.24, 2.45) is 0 Å². The van der Waals surface area contributed by atoms with Crippen LogP contribution in [0.1, 0.15) is 5.69 Å². The normalized spacial score (nSPS) is 9.29. The predicted octanol–water partition coefficient (Wildman–Crippen LogP) is 0.897. The van der Waals surface area contributed by atoms with Gasteiger partial charge < -0.3 is 10.1 Å². The number of rotatable bonds is 1. The fourth-order valence-corrected chi connectivity index (χ4v) is 0.425. The van der Waals surface area contributed by atoms with Gasteiger partial charge >= 0.3 is 0 Å². The SMILES string of the molecule is O[CH]c1ccc[nH]1. The van der Waals surface area contributed by atoms with Gasteiger partial charge in [-0.25, -0.2) is 0 Å². The molecule has 0 aliphatic rings. The molecular weight excluding hydrogens is 90.1 g/mol. The topological polar surface area (TPSA) is 36.0 Å². The number of aliphatic hydroxyl groups is 1. The lowest BCUT2D eigenvalue weighted by atomic mass is 10.5. The highest BCUT2D eigenvalue weighted by Crippen LogP contribution is 1.92. The minimum Gasteiger partial charge on any atom is -0.384 e. The largest absolute Gasteiger partial charge is 0.384 e. The summed E-state index contributed by atoms with van der Waals surface area (Å²) in [5.41, 5.74) is 0.736. The summed E-state index contributed by atoms with van der Waals surface area (Å²) in [4.78, 5) is 2.78. The highest BCUT2D eigenvalue weighted by Gasteiger charge is 1.83. The molecule has 0 bridgehead atoms. The molecule has 0 aromatic carbocycles. The van der Waals surface area contributed by atoms with Crippen molar-refractivity contribution in [1.82, 2.24) is 4.98 Å². The Morgan fingerprint density at radius 1 is 1.71 bits per heavy atom. The molecule has 1 aromatic rings. The molecule has 0 unspecified atom stereocenters. The number of aromatic nitrogens is 1. The summed E-state index contributed by atoms with van der Waals surface area (Å²) in [6, 6.07) is 3.60. The van der Waals surface area contributed by atoms with E-state index in [9.17, 15) is 0 Å². The maximum absolute atomic E-state index is 8.27. The van der Waals surface area contributed by atoms with Gasteiger partial charge in [-0.1, -0.05) is 0 Å². The maximum Gasteiger partial charge on any atom is 0.125 e. The summed E-state index contributed by atoms with van der Waals surface area (Å²) in [6.45, 7) is 1.03. The van der Waals surface area contributed by atoms with Crippen molar-refractivity contribution in [3.63, 3.8) is 0 Å². The van der Waals surface area contributed by atoms with Gasteiger partial charge in [-0.3, -0.25) is 0 Å². The summed E-state index contributed by atoms with van der Waals surface area (Å²) in [5.74, 6) is 0. The van der Waals surface area contributed by atoms with Gasteiger partial charge in [-0.15, -0.1) is 0 Å². The van der Waals surface area contributed by atoms with Crippen LogP contribution in [0.3, 0.4) is 0 Å². The molecule has 0 amide bonds. The Morgan fingerprint density at radius 3 is 2.86 bits per heavy atom. The van der Waals surface area contributed by atoms with Crippen molar-refractivity contribution >= 4 is 0 Å². The Kier molecular flexibility index (Phi) is 1.13. The van der Waals surface area contributed by atoms with Crippen molar-refractivity contribution in [3.8, 4) is 0 Å². The molecule has 1 radical (unpaired) electrons. The quantitative estimate of drug-likeness (QED) is 0.535. The van der Waals surface area contributed by atoms with Gasteiger partial charge in [0.05, 0.1) is 0 Å². The highest BCUT2D eigenvalue weighted by molar-refractivity contribution is 5.08. The minimum absolute atomic E-state index is 0.736. The van der Waals surface area contributed by atoms with Gasteiger partial charge in [-0.05, 0) is 12.1 Å². The molecule has 0 atom stereocenters. The van der Waals surface area contributed by atoms with Crippen LogP contribution >= 0.6 is 0 Å². The third-order valence-corrected chi connectivity index (χ3v) is 0.761. The molecule has 1 rings (SSSR count). The monoisotopic (exact) mass is 96.0 g/mol. The standard InChI is InChI=1S/C5H6NO/c7-4-5-2-1-3-6-5/h1-4,6-7H. The summed E-state index contributed by atoms with van der Waals surface area (Å²) in [7, 11) is 0. The van der Waals surface area contributed by atoms with Crippen LogP contribution in [0.15, 0.2) is 18.3 Å². The number of aromatic amines is 1. The maximum atomic E-state index is 8.27. The predicted molar refractivity (Wildman–Crippen MR) is 26.1 cm³/mol. The van der Waals surface area contributed by atoms with Crippen LogP contribution in [-0.4, -0.2) is 10.1 Å². The first-order valence-electron chi connectivity index (χ1n) is 2.04.